The zero-order chi connectivity index (χ0) is 15.7. The Morgan fingerprint density at radius 3 is 2.73 bits per heavy atom. The van der Waals surface area contributed by atoms with Crippen molar-refractivity contribution < 1.29 is 9.90 Å². The summed E-state index contributed by atoms with van der Waals surface area (Å²) in [6.07, 6.45) is 0.755. The van der Waals surface area contributed by atoms with Gasteiger partial charge in [-0.3, -0.25) is 9.89 Å². The van der Waals surface area contributed by atoms with Crippen molar-refractivity contribution in [3.05, 3.63) is 52.8 Å². The summed E-state index contributed by atoms with van der Waals surface area (Å²) in [5.41, 5.74) is 3.65. The second-order valence-corrected chi connectivity index (χ2v) is 5.85. The molecule has 0 aliphatic carbocycles. The highest BCUT2D eigenvalue weighted by molar-refractivity contribution is 5.82. The van der Waals surface area contributed by atoms with Gasteiger partial charge in [0.1, 0.15) is 0 Å². The molecule has 5 heteroatoms. The first kappa shape index (κ1) is 14.8. The quantitative estimate of drug-likeness (QED) is 0.914. The van der Waals surface area contributed by atoms with E-state index in [0.717, 1.165) is 29.8 Å². The molecule has 1 amide bonds. The van der Waals surface area contributed by atoms with E-state index in [1.807, 2.05) is 32.0 Å². The van der Waals surface area contributed by atoms with E-state index in [1.54, 1.807) is 17.0 Å². The van der Waals surface area contributed by atoms with Gasteiger partial charge in [-0.1, -0.05) is 30.3 Å². The minimum atomic E-state index is -1.10. The third-order valence-corrected chi connectivity index (χ3v) is 4.40. The number of carbonyl (C=O) groups excluding carboxylic acids is 1. The number of hydrogen-bond acceptors (Lipinski definition) is 3. The number of aliphatic hydroxyl groups is 1. The van der Waals surface area contributed by atoms with Gasteiger partial charge in [-0.05, 0) is 32.3 Å². The number of nitrogens with zero attached hydrogens (tertiary/aromatic N) is 2. The average Bonchev–Trinajstić information content (AvgIpc) is 3.13. The summed E-state index contributed by atoms with van der Waals surface area (Å²) in [5.74, 6) is -0.228. The maximum atomic E-state index is 12.7. The molecule has 116 valence electrons. The van der Waals surface area contributed by atoms with Gasteiger partial charge in [0.15, 0.2) is 6.10 Å². The number of H-pyrrole nitrogens is 1. The van der Waals surface area contributed by atoms with Gasteiger partial charge >= 0.3 is 0 Å². The van der Waals surface area contributed by atoms with Gasteiger partial charge in [-0.15, -0.1) is 0 Å². The van der Waals surface area contributed by atoms with E-state index in [4.69, 9.17) is 0 Å². The third-order valence-electron chi connectivity index (χ3n) is 4.40. The zero-order valence-corrected chi connectivity index (χ0v) is 12.9. The Morgan fingerprint density at radius 2 is 2.09 bits per heavy atom. The van der Waals surface area contributed by atoms with Gasteiger partial charge in [0.25, 0.3) is 5.91 Å². The van der Waals surface area contributed by atoms with Crippen LogP contribution in [-0.4, -0.2) is 32.7 Å². The first-order valence-electron chi connectivity index (χ1n) is 7.64. The van der Waals surface area contributed by atoms with Gasteiger partial charge in [0.2, 0.25) is 0 Å². The molecule has 5 nitrogen and oxygen atoms in total. The van der Waals surface area contributed by atoms with Gasteiger partial charge in [-0.2, -0.15) is 5.10 Å². The summed E-state index contributed by atoms with van der Waals surface area (Å²) < 4.78 is 0. The van der Waals surface area contributed by atoms with Gasteiger partial charge in [0, 0.05) is 17.8 Å². The first-order valence-corrected chi connectivity index (χ1v) is 7.64. The number of aromatic amines is 1. The molecule has 2 heterocycles. The molecule has 1 fully saturated rings. The van der Waals surface area contributed by atoms with Crippen LogP contribution in [0.5, 0.6) is 0 Å². The molecule has 1 aliphatic rings. The van der Waals surface area contributed by atoms with Crippen LogP contribution in [0.1, 0.15) is 47.5 Å². The minimum Gasteiger partial charge on any atom is -0.378 e. The van der Waals surface area contributed by atoms with E-state index >= 15 is 0 Å². The standard InChI is InChI=1S/C17H21N3O2/c1-11-15(12(2)19-18-11)14-9-6-10-20(14)17(22)16(21)13-7-4-3-5-8-13/h3-5,7-8,14,16,21H,6,9-10H2,1-2H3,(H,18,19). The number of rotatable bonds is 3. The summed E-state index contributed by atoms with van der Waals surface area (Å²) >= 11 is 0. The van der Waals surface area contributed by atoms with Crippen LogP contribution in [-0.2, 0) is 4.79 Å². The van der Waals surface area contributed by atoms with E-state index in [-0.39, 0.29) is 11.9 Å². The smallest absolute Gasteiger partial charge is 0.256 e. The van der Waals surface area contributed by atoms with Crippen LogP contribution in [0.3, 0.4) is 0 Å². The molecule has 2 aromatic rings. The molecule has 3 rings (SSSR count). The molecule has 0 radical (unpaired) electrons. The fourth-order valence-electron chi connectivity index (χ4n) is 3.32. The minimum absolute atomic E-state index is 0.00427. The normalized spacial score (nSPS) is 19.4. The second-order valence-electron chi connectivity index (χ2n) is 5.85. The first-order chi connectivity index (χ1) is 10.6. The van der Waals surface area contributed by atoms with Crippen molar-refractivity contribution in [2.24, 2.45) is 0 Å². The molecule has 22 heavy (non-hydrogen) atoms. The Morgan fingerprint density at radius 1 is 1.36 bits per heavy atom. The number of nitrogens with one attached hydrogen (secondary N) is 1. The van der Waals surface area contributed by atoms with Crippen LogP contribution < -0.4 is 0 Å². The highest BCUT2D eigenvalue weighted by Gasteiger charge is 2.35. The Labute approximate surface area is 130 Å². The molecular weight excluding hydrogens is 278 g/mol. The highest BCUT2D eigenvalue weighted by atomic mass is 16.3. The number of benzene rings is 1. The SMILES string of the molecule is Cc1n[nH]c(C)c1C1CCCN1C(=O)C(O)c1ccccc1. The Bertz CT molecular complexity index is 646. The number of aryl methyl sites for hydroxylation is 2. The van der Waals surface area contributed by atoms with Crippen LogP contribution in [0.2, 0.25) is 0 Å². The fraction of sp³-hybridized carbons (Fsp3) is 0.412. The van der Waals surface area contributed by atoms with Gasteiger partial charge < -0.3 is 10.0 Å². The Hall–Kier alpha value is -2.14. The predicted molar refractivity (Wildman–Crippen MR) is 83.2 cm³/mol. The molecule has 0 spiro atoms. The molecule has 2 N–H and O–H groups in total. The van der Waals surface area contributed by atoms with Crippen molar-refractivity contribution in [3.63, 3.8) is 0 Å². The molecule has 0 saturated carbocycles. The number of hydrogen-bond donors (Lipinski definition) is 2. The molecule has 0 bridgehead atoms. The van der Waals surface area contributed by atoms with Gasteiger partial charge in [-0.25, -0.2) is 0 Å². The second kappa shape index (κ2) is 5.93. The maximum Gasteiger partial charge on any atom is 0.256 e. The highest BCUT2D eigenvalue weighted by Crippen LogP contribution is 2.36. The molecule has 2 unspecified atom stereocenters. The van der Waals surface area contributed by atoms with Crippen LogP contribution in [0, 0.1) is 13.8 Å². The predicted octanol–water partition coefficient (Wildman–Crippen LogP) is 2.42. The molecular formula is C17H21N3O2. The fourth-order valence-corrected chi connectivity index (χ4v) is 3.32. The molecule has 1 saturated heterocycles. The molecule has 1 aromatic heterocycles. The number of aliphatic hydroxyl groups excluding tert-OH is 1. The monoisotopic (exact) mass is 299 g/mol. The van der Waals surface area contributed by atoms with E-state index in [1.165, 1.54) is 0 Å². The molecule has 2 atom stereocenters. The van der Waals surface area contributed by atoms with Crippen LogP contribution in [0.4, 0.5) is 0 Å². The van der Waals surface area contributed by atoms with E-state index in [0.29, 0.717) is 12.1 Å². The summed E-state index contributed by atoms with van der Waals surface area (Å²) in [5, 5.41) is 17.6. The number of amides is 1. The number of carbonyl (C=O) groups is 1. The summed E-state index contributed by atoms with van der Waals surface area (Å²) in [6, 6.07) is 9.10. The van der Waals surface area contributed by atoms with E-state index in [2.05, 4.69) is 10.2 Å². The van der Waals surface area contributed by atoms with E-state index < -0.39 is 6.10 Å². The van der Waals surface area contributed by atoms with Crippen molar-refractivity contribution in [1.82, 2.24) is 15.1 Å². The lowest BCUT2D eigenvalue weighted by Gasteiger charge is -2.27. The van der Waals surface area contributed by atoms with Crippen molar-refractivity contribution in [1.29, 1.82) is 0 Å². The van der Waals surface area contributed by atoms with Crippen LogP contribution in [0.25, 0.3) is 0 Å². The van der Waals surface area contributed by atoms with Crippen LogP contribution in [0.15, 0.2) is 30.3 Å². The summed E-state index contributed by atoms with van der Waals surface area (Å²) in [7, 11) is 0. The molecule has 1 aliphatic heterocycles. The Kier molecular flexibility index (Phi) is 3.98. The van der Waals surface area contributed by atoms with Crippen molar-refractivity contribution >= 4 is 5.91 Å². The average molecular weight is 299 g/mol. The lowest BCUT2D eigenvalue weighted by molar-refractivity contribution is -0.141. The zero-order valence-electron chi connectivity index (χ0n) is 12.9. The largest absolute Gasteiger partial charge is 0.378 e. The Balaban J connectivity index is 1.86. The maximum absolute atomic E-state index is 12.7. The van der Waals surface area contributed by atoms with Gasteiger partial charge in [0.05, 0.1) is 11.7 Å². The molecule has 1 aromatic carbocycles. The lowest BCUT2D eigenvalue weighted by atomic mass is 10.0. The van der Waals surface area contributed by atoms with Crippen LogP contribution >= 0.6 is 0 Å². The summed E-state index contributed by atoms with van der Waals surface area (Å²) in [4.78, 5) is 14.5. The van der Waals surface area contributed by atoms with Crippen molar-refractivity contribution in [2.75, 3.05) is 6.54 Å². The van der Waals surface area contributed by atoms with Crippen molar-refractivity contribution in [3.8, 4) is 0 Å². The topological polar surface area (TPSA) is 69.2 Å². The number of likely N-dealkylation sites (tertiary alicyclic amines) is 1. The van der Waals surface area contributed by atoms with E-state index in [9.17, 15) is 9.90 Å². The summed E-state index contributed by atoms with van der Waals surface area (Å²) in [6.45, 7) is 4.61. The number of aromatic nitrogens is 2. The third kappa shape index (κ3) is 2.52. The lowest BCUT2D eigenvalue weighted by Crippen LogP contribution is -2.35. The van der Waals surface area contributed by atoms with Crippen molar-refractivity contribution in [2.45, 2.75) is 38.8 Å².